The molecule has 7 nitrogen and oxygen atoms in total. The molecule has 1 aliphatic heterocycles. The van der Waals surface area contributed by atoms with Crippen LogP contribution in [0.2, 0.25) is 0 Å². The smallest absolute Gasteiger partial charge is 0.319 e. The van der Waals surface area contributed by atoms with Crippen molar-refractivity contribution in [1.29, 1.82) is 0 Å². The molecular formula is C10H11NO6. The molecule has 0 radical (unpaired) electrons. The van der Waals surface area contributed by atoms with Gasteiger partial charge in [-0.3, -0.25) is 19.2 Å². The van der Waals surface area contributed by atoms with Crippen LogP contribution in [0.3, 0.4) is 0 Å². The first kappa shape index (κ1) is 11.6. The Hall–Kier alpha value is -1.92. The van der Waals surface area contributed by atoms with Crippen molar-refractivity contribution in [3.05, 3.63) is 0 Å². The topological polar surface area (TPSA) is 124 Å². The van der Waals surface area contributed by atoms with E-state index in [1.807, 2.05) is 0 Å². The van der Waals surface area contributed by atoms with Gasteiger partial charge in [0.2, 0.25) is 5.91 Å². The van der Waals surface area contributed by atoms with E-state index in [9.17, 15) is 19.2 Å². The molecule has 3 unspecified atom stereocenters. The molecule has 1 saturated carbocycles. The van der Waals surface area contributed by atoms with E-state index in [0.29, 0.717) is 0 Å². The Labute approximate surface area is 95.9 Å². The summed E-state index contributed by atoms with van der Waals surface area (Å²) in [4.78, 5) is 45.1. The second-order valence-corrected chi connectivity index (χ2v) is 4.45. The van der Waals surface area contributed by atoms with Crippen molar-refractivity contribution in [2.75, 3.05) is 0 Å². The van der Waals surface area contributed by atoms with E-state index in [1.165, 1.54) is 0 Å². The Morgan fingerprint density at radius 3 is 2.41 bits per heavy atom. The Morgan fingerprint density at radius 1 is 1.29 bits per heavy atom. The van der Waals surface area contributed by atoms with Crippen LogP contribution in [0.15, 0.2) is 0 Å². The van der Waals surface area contributed by atoms with Gasteiger partial charge >= 0.3 is 17.9 Å². The number of primary amides is 1. The summed E-state index contributed by atoms with van der Waals surface area (Å²) in [5.41, 5.74) is 3.35. The lowest BCUT2D eigenvalue weighted by Gasteiger charge is -2.33. The minimum atomic E-state index is -1.76. The highest BCUT2D eigenvalue weighted by atomic mass is 16.6. The zero-order chi connectivity index (χ0) is 12.8. The number of esters is 2. The van der Waals surface area contributed by atoms with Gasteiger partial charge in [-0.2, -0.15) is 0 Å². The Bertz CT molecular complexity index is 415. The van der Waals surface area contributed by atoms with E-state index in [0.717, 1.165) is 0 Å². The van der Waals surface area contributed by atoms with Gasteiger partial charge in [0.1, 0.15) is 5.41 Å². The Morgan fingerprint density at radius 2 is 1.88 bits per heavy atom. The van der Waals surface area contributed by atoms with Crippen LogP contribution in [0, 0.1) is 17.3 Å². The molecule has 2 fully saturated rings. The molecule has 1 saturated heterocycles. The summed E-state index contributed by atoms with van der Waals surface area (Å²) in [6.07, 6.45) is -0.168. The highest BCUT2D eigenvalue weighted by molar-refractivity contribution is 6.03. The van der Waals surface area contributed by atoms with Crippen LogP contribution in [0.1, 0.15) is 19.3 Å². The van der Waals surface area contributed by atoms with Gasteiger partial charge in [0, 0.05) is 0 Å². The summed E-state index contributed by atoms with van der Waals surface area (Å²) in [5.74, 6) is -5.21. The van der Waals surface area contributed by atoms with Gasteiger partial charge < -0.3 is 15.6 Å². The van der Waals surface area contributed by atoms with E-state index >= 15 is 0 Å². The fourth-order valence-corrected chi connectivity index (χ4v) is 2.53. The van der Waals surface area contributed by atoms with Gasteiger partial charge in [-0.1, -0.05) is 0 Å². The highest BCUT2D eigenvalue weighted by Crippen LogP contribution is 2.46. The van der Waals surface area contributed by atoms with Gasteiger partial charge in [0.25, 0.3) is 0 Å². The summed E-state index contributed by atoms with van der Waals surface area (Å²) in [5, 5.41) is 9.09. The van der Waals surface area contributed by atoms with Crippen LogP contribution in [-0.2, 0) is 23.9 Å². The molecule has 0 spiro atoms. The van der Waals surface area contributed by atoms with E-state index < -0.39 is 41.1 Å². The fourth-order valence-electron chi connectivity index (χ4n) is 2.53. The summed E-state index contributed by atoms with van der Waals surface area (Å²) >= 11 is 0. The summed E-state index contributed by atoms with van der Waals surface area (Å²) in [6, 6.07) is 0. The SMILES string of the molecule is NC(=O)C1(C(=O)O)CCC2C(=O)OC(=O)C2C1. The molecule has 1 aliphatic carbocycles. The Kier molecular flexibility index (Phi) is 2.41. The first-order valence-corrected chi connectivity index (χ1v) is 5.17. The summed E-state index contributed by atoms with van der Waals surface area (Å²) < 4.78 is 4.44. The number of carbonyl (C=O) groups is 4. The maximum absolute atomic E-state index is 11.4. The molecule has 0 aromatic rings. The monoisotopic (exact) mass is 241 g/mol. The third-order valence-corrected chi connectivity index (χ3v) is 3.62. The first-order valence-electron chi connectivity index (χ1n) is 5.17. The minimum Gasteiger partial charge on any atom is -0.480 e. The summed E-state index contributed by atoms with van der Waals surface area (Å²) in [7, 11) is 0. The van der Waals surface area contributed by atoms with Crippen LogP contribution < -0.4 is 5.73 Å². The molecule has 0 bridgehead atoms. The second-order valence-electron chi connectivity index (χ2n) is 4.45. The van der Waals surface area contributed by atoms with Crippen LogP contribution in [0.25, 0.3) is 0 Å². The molecule has 0 aromatic heterocycles. The number of nitrogens with two attached hydrogens (primary N) is 1. The van der Waals surface area contributed by atoms with Crippen molar-refractivity contribution in [2.45, 2.75) is 19.3 Å². The molecule has 3 atom stereocenters. The average molecular weight is 241 g/mol. The molecule has 2 rings (SSSR count). The largest absolute Gasteiger partial charge is 0.480 e. The molecule has 17 heavy (non-hydrogen) atoms. The second kappa shape index (κ2) is 3.54. The lowest BCUT2D eigenvalue weighted by molar-refractivity contribution is -0.160. The number of cyclic esters (lactones) is 2. The number of rotatable bonds is 2. The van der Waals surface area contributed by atoms with Gasteiger partial charge in [0.05, 0.1) is 11.8 Å². The molecule has 2 aliphatic rings. The molecule has 92 valence electrons. The lowest BCUT2D eigenvalue weighted by Crippen LogP contribution is -2.49. The van der Waals surface area contributed by atoms with Crippen molar-refractivity contribution < 1.29 is 29.0 Å². The number of carbonyl (C=O) groups excluding carboxylic acids is 3. The number of carboxylic acids is 1. The van der Waals surface area contributed by atoms with E-state index in [1.54, 1.807) is 0 Å². The summed E-state index contributed by atoms with van der Waals surface area (Å²) in [6.45, 7) is 0. The van der Waals surface area contributed by atoms with Gasteiger partial charge in [0.15, 0.2) is 0 Å². The average Bonchev–Trinajstić information content (AvgIpc) is 2.53. The number of fused-ring (bicyclic) bond motifs is 1. The van der Waals surface area contributed by atoms with Gasteiger partial charge in [-0.25, -0.2) is 0 Å². The highest BCUT2D eigenvalue weighted by Gasteiger charge is 2.57. The van der Waals surface area contributed by atoms with Crippen molar-refractivity contribution in [2.24, 2.45) is 23.0 Å². The van der Waals surface area contributed by atoms with Crippen molar-refractivity contribution in [1.82, 2.24) is 0 Å². The maximum Gasteiger partial charge on any atom is 0.319 e. The van der Waals surface area contributed by atoms with Crippen molar-refractivity contribution in [3.8, 4) is 0 Å². The number of amides is 1. The standard InChI is InChI=1S/C10H11NO6/c11-8(14)10(9(15)16)2-1-4-5(3-10)7(13)17-6(4)12/h4-5H,1-3H2,(H2,11,14)(H,15,16). The van der Waals surface area contributed by atoms with E-state index in [-0.39, 0.29) is 19.3 Å². The molecule has 0 aromatic carbocycles. The third-order valence-electron chi connectivity index (χ3n) is 3.62. The molecule has 1 heterocycles. The molecule has 1 amide bonds. The number of hydrogen-bond acceptors (Lipinski definition) is 5. The number of ether oxygens (including phenoxy) is 1. The van der Waals surface area contributed by atoms with Crippen LogP contribution in [0.5, 0.6) is 0 Å². The number of aliphatic carboxylic acids is 1. The minimum absolute atomic E-state index is 0.0405. The zero-order valence-corrected chi connectivity index (χ0v) is 8.84. The number of carboxylic acid groups (broad SMARTS) is 1. The van der Waals surface area contributed by atoms with Crippen molar-refractivity contribution in [3.63, 3.8) is 0 Å². The fraction of sp³-hybridized carbons (Fsp3) is 0.600. The van der Waals surface area contributed by atoms with E-state index in [4.69, 9.17) is 10.8 Å². The van der Waals surface area contributed by atoms with Crippen molar-refractivity contribution >= 4 is 23.8 Å². The quantitative estimate of drug-likeness (QED) is 0.474. The van der Waals surface area contributed by atoms with Crippen LogP contribution in [-0.4, -0.2) is 28.9 Å². The molecule has 3 N–H and O–H groups in total. The zero-order valence-electron chi connectivity index (χ0n) is 8.84. The predicted molar refractivity (Wildman–Crippen MR) is 51.2 cm³/mol. The van der Waals surface area contributed by atoms with Crippen LogP contribution in [0.4, 0.5) is 0 Å². The Balaban J connectivity index is 2.32. The maximum atomic E-state index is 11.4. The lowest BCUT2D eigenvalue weighted by atomic mass is 9.65. The normalized spacial score (nSPS) is 36.2. The number of hydrogen-bond donors (Lipinski definition) is 2. The third kappa shape index (κ3) is 1.49. The predicted octanol–water partition coefficient (Wildman–Crippen LogP) is -0.958. The van der Waals surface area contributed by atoms with E-state index in [2.05, 4.69) is 4.74 Å². The van der Waals surface area contributed by atoms with Gasteiger partial charge in [-0.15, -0.1) is 0 Å². The van der Waals surface area contributed by atoms with Crippen LogP contribution >= 0.6 is 0 Å². The first-order chi connectivity index (χ1) is 7.88. The molecular weight excluding hydrogens is 230 g/mol. The molecule has 7 heteroatoms. The van der Waals surface area contributed by atoms with Gasteiger partial charge in [-0.05, 0) is 19.3 Å².